The van der Waals surface area contributed by atoms with Crippen LogP contribution in [0.15, 0.2) is 12.4 Å². The van der Waals surface area contributed by atoms with Gasteiger partial charge in [0.1, 0.15) is 6.04 Å². The Morgan fingerprint density at radius 2 is 2.10 bits per heavy atom. The molecule has 1 aromatic rings. The summed E-state index contributed by atoms with van der Waals surface area (Å²) in [4.78, 5) is 28.2. The van der Waals surface area contributed by atoms with E-state index in [0.29, 0.717) is 19.5 Å². The highest BCUT2D eigenvalue weighted by Gasteiger charge is 2.39. The van der Waals surface area contributed by atoms with Crippen LogP contribution in [0.3, 0.4) is 0 Å². The van der Waals surface area contributed by atoms with Gasteiger partial charge in [0.05, 0.1) is 11.9 Å². The van der Waals surface area contributed by atoms with Gasteiger partial charge in [0.25, 0.3) is 0 Å². The van der Waals surface area contributed by atoms with E-state index in [4.69, 9.17) is 0 Å². The molecule has 0 aromatic carbocycles. The fourth-order valence-electron chi connectivity index (χ4n) is 2.97. The number of fused-ring (bicyclic) bond motifs is 1. The molecule has 2 aliphatic heterocycles. The van der Waals surface area contributed by atoms with Crippen LogP contribution in [0.5, 0.6) is 0 Å². The molecule has 0 N–H and O–H groups in total. The monoisotopic (exact) mass is 276 g/mol. The van der Waals surface area contributed by atoms with E-state index in [1.807, 2.05) is 24.7 Å². The van der Waals surface area contributed by atoms with E-state index < -0.39 is 0 Å². The van der Waals surface area contributed by atoms with Gasteiger partial charge in [-0.3, -0.25) is 14.3 Å². The Morgan fingerprint density at radius 3 is 2.80 bits per heavy atom. The van der Waals surface area contributed by atoms with E-state index >= 15 is 0 Å². The minimum atomic E-state index is -0.271. The van der Waals surface area contributed by atoms with Crippen molar-refractivity contribution in [3.8, 4) is 0 Å². The number of nitrogens with zero attached hydrogens (tertiary/aromatic N) is 4. The first-order valence-electron chi connectivity index (χ1n) is 7.23. The number of amides is 2. The summed E-state index contributed by atoms with van der Waals surface area (Å²) in [6.45, 7) is 5.26. The number of carbonyl (C=O) groups is 2. The molecule has 1 aromatic heterocycles. The Labute approximate surface area is 118 Å². The van der Waals surface area contributed by atoms with Crippen LogP contribution in [0.2, 0.25) is 0 Å². The van der Waals surface area contributed by atoms with E-state index in [1.165, 1.54) is 0 Å². The third-order valence-corrected chi connectivity index (χ3v) is 4.10. The number of aromatic nitrogens is 2. The molecular formula is C14H20N4O2. The molecule has 20 heavy (non-hydrogen) atoms. The van der Waals surface area contributed by atoms with Crippen molar-refractivity contribution in [2.45, 2.75) is 45.2 Å². The zero-order valence-electron chi connectivity index (χ0n) is 12.0. The minimum absolute atomic E-state index is 0.0386. The second-order valence-corrected chi connectivity index (χ2v) is 5.76. The van der Waals surface area contributed by atoms with Gasteiger partial charge < -0.3 is 9.80 Å². The zero-order valence-corrected chi connectivity index (χ0v) is 12.0. The lowest BCUT2D eigenvalue weighted by Crippen LogP contribution is -2.43. The quantitative estimate of drug-likeness (QED) is 0.815. The highest BCUT2D eigenvalue weighted by Crippen LogP contribution is 2.27. The largest absolute Gasteiger partial charge is 0.331 e. The molecule has 1 atom stereocenters. The average Bonchev–Trinajstić information content (AvgIpc) is 3.05. The van der Waals surface area contributed by atoms with Crippen LogP contribution in [0.25, 0.3) is 0 Å². The second kappa shape index (κ2) is 4.92. The van der Waals surface area contributed by atoms with E-state index in [9.17, 15) is 9.59 Å². The molecule has 3 heterocycles. The molecule has 6 nitrogen and oxygen atoms in total. The summed E-state index contributed by atoms with van der Waals surface area (Å²) in [6.07, 6.45) is 5.69. The number of hydrogen-bond donors (Lipinski definition) is 0. The molecule has 2 fully saturated rings. The first-order valence-corrected chi connectivity index (χ1v) is 7.23. The van der Waals surface area contributed by atoms with Crippen molar-refractivity contribution in [3.63, 3.8) is 0 Å². The highest BCUT2D eigenvalue weighted by molar-refractivity contribution is 6.01. The van der Waals surface area contributed by atoms with Gasteiger partial charge in [0.2, 0.25) is 11.8 Å². The first-order chi connectivity index (χ1) is 9.58. The van der Waals surface area contributed by atoms with Gasteiger partial charge in [-0.25, -0.2) is 0 Å². The number of carbonyl (C=O) groups excluding carboxylic acids is 2. The van der Waals surface area contributed by atoms with Gasteiger partial charge in [-0.2, -0.15) is 5.10 Å². The first kappa shape index (κ1) is 13.1. The zero-order chi connectivity index (χ0) is 14.3. The van der Waals surface area contributed by atoms with Crippen LogP contribution in [0, 0.1) is 0 Å². The van der Waals surface area contributed by atoms with Gasteiger partial charge in [-0.15, -0.1) is 0 Å². The van der Waals surface area contributed by atoms with Gasteiger partial charge in [0.15, 0.2) is 0 Å². The predicted molar refractivity (Wildman–Crippen MR) is 74.3 cm³/mol. The van der Waals surface area contributed by atoms with Gasteiger partial charge in [-0.05, 0) is 26.7 Å². The van der Waals surface area contributed by atoms with Crippen LogP contribution in [0.1, 0.15) is 39.2 Å². The summed E-state index contributed by atoms with van der Waals surface area (Å²) < 4.78 is 1.84. The van der Waals surface area contributed by atoms with Crippen molar-refractivity contribution in [1.29, 1.82) is 0 Å². The highest BCUT2D eigenvalue weighted by atomic mass is 16.2. The van der Waals surface area contributed by atoms with Crippen LogP contribution in [-0.4, -0.2) is 45.6 Å². The normalized spacial score (nSPS) is 23.4. The van der Waals surface area contributed by atoms with Crippen molar-refractivity contribution in [1.82, 2.24) is 14.7 Å². The van der Waals surface area contributed by atoms with Crippen LogP contribution in [0.4, 0.5) is 5.69 Å². The number of hydrogen-bond acceptors (Lipinski definition) is 3. The molecule has 2 saturated heterocycles. The Bertz CT molecular complexity index is 537. The minimum Gasteiger partial charge on any atom is -0.331 e. The van der Waals surface area contributed by atoms with E-state index in [0.717, 1.165) is 18.5 Å². The summed E-state index contributed by atoms with van der Waals surface area (Å²) in [6, 6.07) is -0.0113. The summed E-state index contributed by atoms with van der Waals surface area (Å²) in [5.74, 6) is 0.135. The van der Waals surface area contributed by atoms with Crippen molar-refractivity contribution in [3.05, 3.63) is 12.4 Å². The maximum Gasteiger partial charge on any atom is 0.249 e. The van der Waals surface area contributed by atoms with Gasteiger partial charge in [-0.1, -0.05) is 0 Å². The fraction of sp³-hybridized carbons (Fsp3) is 0.643. The maximum atomic E-state index is 12.6. The Balaban J connectivity index is 1.88. The van der Waals surface area contributed by atoms with Crippen LogP contribution < -0.4 is 4.90 Å². The maximum absolute atomic E-state index is 12.6. The molecule has 0 radical (unpaired) electrons. The number of rotatable bonds is 2. The lowest BCUT2D eigenvalue weighted by atomic mass is 10.2. The molecule has 0 aliphatic carbocycles. The van der Waals surface area contributed by atoms with E-state index in [1.54, 1.807) is 16.0 Å². The number of anilines is 1. The van der Waals surface area contributed by atoms with Crippen molar-refractivity contribution in [2.24, 2.45) is 0 Å². The smallest absolute Gasteiger partial charge is 0.249 e. The third kappa shape index (κ3) is 2.09. The summed E-state index contributed by atoms with van der Waals surface area (Å²) >= 11 is 0. The lowest BCUT2D eigenvalue weighted by Gasteiger charge is -2.24. The fourth-order valence-corrected chi connectivity index (χ4v) is 2.97. The molecule has 0 saturated carbocycles. The molecular weight excluding hydrogens is 256 g/mol. The standard InChI is InChI=1S/C14H20N4O2/c1-10(2)18-9-11(8-15-18)16-7-5-13(19)17-6-3-4-12(17)14(16)20/h8-10,12H,3-7H2,1-2H3. The Hall–Kier alpha value is -1.85. The summed E-state index contributed by atoms with van der Waals surface area (Å²) in [5, 5.41) is 4.28. The van der Waals surface area contributed by atoms with Gasteiger partial charge >= 0.3 is 0 Å². The molecule has 108 valence electrons. The summed E-state index contributed by atoms with van der Waals surface area (Å²) in [5.41, 5.74) is 0.797. The molecule has 0 spiro atoms. The summed E-state index contributed by atoms with van der Waals surface area (Å²) in [7, 11) is 0. The lowest BCUT2D eigenvalue weighted by molar-refractivity contribution is -0.135. The average molecular weight is 276 g/mol. The molecule has 1 unspecified atom stereocenters. The van der Waals surface area contributed by atoms with E-state index in [-0.39, 0.29) is 23.9 Å². The van der Waals surface area contributed by atoms with Gasteiger partial charge in [0, 0.05) is 31.7 Å². The molecule has 3 rings (SSSR count). The Morgan fingerprint density at radius 1 is 1.30 bits per heavy atom. The molecule has 2 aliphatic rings. The second-order valence-electron chi connectivity index (χ2n) is 5.76. The van der Waals surface area contributed by atoms with Crippen molar-refractivity contribution >= 4 is 17.5 Å². The Kier molecular flexibility index (Phi) is 3.23. The molecule has 6 heteroatoms. The van der Waals surface area contributed by atoms with E-state index in [2.05, 4.69) is 5.10 Å². The SMILES string of the molecule is CC(C)n1cc(N2CCC(=O)N3CCCC3C2=O)cn1. The predicted octanol–water partition coefficient (Wildman–Crippen LogP) is 1.19. The van der Waals surface area contributed by atoms with Crippen LogP contribution >= 0.6 is 0 Å². The van der Waals surface area contributed by atoms with Crippen molar-refractivity contribution < 1.29 is 9.59 Å². The van der Waals surface area contributed by atoms with Crippen LogP contribution in [-0.2, 0) is 9.59 Å². The molecule has 0 bridgehead atoms. The third-order valence-electron chi connectivity index (χ3n) is 4.10. The topological polar surface area (TPSA) is 58.4 Å². The van der Waals surface area contributed by atoms with Crippen molar-refractivity contribution in [2.75, 3.05) is 18.0 Å². The molecule has 2 amide bonds.